The Kier molecular flexibility index (Phi) is 5.71. The average Bonchev–Trinajstić information content (AvgIpc) is 3.28. The van der Waals surface area contributed by atoms with Crippen LogP contribution in [0, 0.1) is 6.92 Å². The van der Waals surface area contributed by atoms with Crippen LogP contribution in [0.2, 0.25) is 0 Å². The molecule has 0 radical (unpaired) electrons. The van der Waals surface area contributed by atoms with Crippen molar-refractivity contribution >= 4 is 38.9 Å². The monoisotopic (exact) mass is 503 g/mol. The average molecular weight is 504 g/mol. The Morgan fingerprint density at radius 3 is 2.39 bits per heavy atom. The fourth-order valence-electron chi connectivity index (χ4n) is 4.88. The number of thiophene rings is 1. The van der Waals surface area contributed by atoms with Crippen molar-refractivity contribution in [3.05, 3.63) is 81.7 Å². The lowest BCUT2D eigenvalue weighted by atomic mass is 9.69. The van der Waals surface area contributed by atoms with Gasteiger partial charge in [0.15, 0.2) is 17.3 Å². The van der Waals surface area contributed by atoms with Crippen LogP contribution in [0.15, 0.2) is 54.6 Å². The number of rotatable bonds is 5. The third kappa shape index (κ3) is 3.35. The van der Waals surface area contributed by atoms with Gasteiger partial charge in [0, 0.05) is 16.6 Å². The first-order valence-electron chi connectivity index (χ1n) is 11.2. The zero-order valence-corrected chi connectivity index (χ0v) is 20.8. The smallest absolute Gasteiger partial charge is 0.348 e. The Bertz CT molecular complexity index is 1550. The molecule has 0 bridgehead atoms. The number of nitrogen functional groups attached to an aromatic ring is 1. The number of esters is 1. The molecule has 9 heteroatoms. The Labute approximate surface area is 211 Å². The minimum absolute atomic E-state index is 0.256. The lowest BCUT2D eigenvalue weighted by Crippen LogP contribution is -2.52. The molecule has 0 aliphatic heterocycles. The summed E-state index contributed by atoms with van der Waals surface area (Å²) in [5.41, 5.74) is 20.8. The number of carbonyl (C=O) groups excluding carboxylic acids is 2. The molecule has 8 nitrogen and oxygen atoms in total. The molecule has 1 aromatic heterocycles. The molecule has 2 atom stereocenters. The van der Waals surface area contributed by atoms with Crippen LogP contribution in [-0.2, 0) is 15.1 Å². The quantitative estimate of drug-likeness (QED) is 0.272. The van der Waals surface area contributed by atoms with Gasteiger partial charge in [0.05, 0.1) is 25.0 Å². The molecule has 2 unspecified atom stereocenters. The van der Waals surface area contributed by atoms with Crippen LogP contribution in [-0.4, -0.2) is 26.0 Å². The third-order valence-corrected chi connectivity index (χ3v) is 7.84. The number of carbonyl (C=O) groups is 2. The van der Waals surface area contributed by atoms with Crippen LogP contribution >= 0.6 is 11.3 Å². The molecule has 5 rings (SSSR count). The second-order valence-corrected chi connectivity index (χ2v) is 9.64. The Morgan fingerprint density at radius 1 is 1.03 bits per heavy atom. The highest BCUT2D eigenvalue weighted by Crippen LogP contribution is 2.50. The number of nitrogens with two attached hydrogens (primary N) is 3. The largest absolute Gasteiger partial charge is 0.493 e. The predicted octanol–water partition coefficient (Wildman–Crippen LogP) is 4.16. The number of Topliss-reactive ketones (excluding diaryl/α,β-unsaturated/α-hetero) is 1. The van der Waals surface area contributed by atoms with Gasteiger partial charge in [-0.1, -0.05) is 24.3 Å². The van der Waals surface area contributed by atoms with Gasteiger partial charge in [-0.15, -0.1) is 11.3 Å². The Balaban J connectivity index is 1.67. The number of para-hydroxylation sites is 2. The van der Waals surface area contributed by atoms with Gasteiger partial charge in [0.2, 0.25) is 0 Å². The van der Waals surface area contributed by atoms with Gasteiger partial charge in [0.1, 0.15) is 16.2 Å². The topological polar surface area (TPSA) is 140 Å². The van der Waals surface area contributed by atoms with Crippen LogP contribution < -0.4 is 26.7 Å². The normalized spacial score (nSPS) is 18.8. The van der Waals surface area contributed by atoms with E-state index in [0.29, 0.717) is 49.7 Å². The van der Waals surface area contributed by atoms with E-state index in [1.54, 1.807) is 43.5 Å². The van der Waals surface area contributed by atoms with Crippen LogP contribution in [0.4, 0.5) is 5.69 Å². The Morgan fingerprint density at radius 2 is 1.72 bits per heavy atom. The molecular weight excluding hydrogens is 478 g/mol. The SMILES string of the molecule is COC(=O)c1sc2c(N)ccc3c2c1C(N)C(=O)C3(N)c1ccc(Oc2ccccc2OC)cc1C. The van der Waals surface area contributed by atoms with Gasteiger partial charge in [-0.2, -0.15) is 0 Å². The summed E-state index contributed by atoms with van der Waals surface area (Å²) < 4.78 is 17.0. The third-order valence-electron chi connectivity index (χ3n) is 6.60. The second kappa shape index (κ2) is 8.63. The lowest BCUT2D eigenvalue weighted by molar-refractivity contribution is -0.124. The molecule has 36 heavy (non-hydrogen) atoms. The van der Waals surface area contributed by atoms with E-state index in [4.69, 9.17) is 31.4 Å². The fourth-order valence-corrected chi connectivity index (χ4v) is 6.09. The van der Waals surface area contributed by atoms with E-state index >= 15 is 0 Å². The van der Waals surface area contributed by atoms with E-state index in [1.165, 1.54) is 7.11 Å². The molecule has 0 saturated heterocycles. The van der Waals surface area contributed by atoms with Crippen molar-refractivity contribution in [2.75, 3.05) is 20.0 Å². The minimum Gasteiger partial charge on any atom is -0.493 e. The van der Waals surface area contributed by atoms with E-state index in [1.807, 2.05) is 25.1 Å². The maximum Gasteiger partial charge on any atom is 0.348 e. The van der Waals surface area contributed by atoms with E-state index in [-0.39, 0.29) is 4.88 Å². The molecule has 1 aliphatic rings. The van der Waals surface area contributed by atoms with Crippen molar-refractivity contribution in [3.63, 3.8) is 0 Å². The van der Waals surface area contributed by atoms with E-state index in [9.17, 15) is 9.59 Å². The summed E-state index contributed by atoms with van der Waals surface area (Å²) in [5.74, 6) is 0.718. The highest BCUT2D eigenvalue weighted by molar-refractivity contribution is 7.21. The van der Waals surface area contributed by atoms with Gasteiger partial charge >= 0.3 is 5.97 Å². The first-order valence-corrected chi connectivity index (χ1v) is 12.0. The summed E-state index contributed by atoms with van der Waals surface area (Å²) in [6, 6.07) is 14.9. The number of hydrogen-bond donors (Lipinski definition) is 3. The van der Waals surface area contributed by atoms with Crippen molar-refractivity contribution in [2.45, 2.75) is 18.5 Å². The lowest BCUT2D eigenvalue weighted by Gasteiger charge is -2.37. The van der Waals surface area contributed by atoms with Crippen LogP contribution in [0.5, 0.6) is 17.2 Å². The molecule has 0 amide bonds. The van der Waals surface area contributed by atoms with Crippen LogP contribution in [0.25, 0.3) is 10.1 Å². The van der Waals surface area contributed by atoms with Crippen molar-refractivity contribution < 1.29 is 23.8 Å². The van der Waals surface area contributed by atoms with Gasteiger partial charge in [0.25, 0.3) is 0 Å². The molecule has 6 N–H and O–H groups in total. The highest BCUT2D eigenvalue weighted by atomic mass is 32.1. The molecule has 0 spiro atoms. The number of ketones is 1. The summed E-state index contributed by atoms with van der Waals surface area (Å²) in [5, 5.41) is 0.628. The van der Waals surface area contributed by atoms with Crippen LogP contribution in [0.3, 0.4) is 0 Å². The standard InChI is InChI=1S/C27H25N3O5S/c1-13-12-14(35-19-7-5-4-6-18(19)33-2)8-9-15(13)27(30)16-10-11-17(28)23-20(16)21(22(29)25(27)31)24(36-23)26(32)34-3/h4-12,22H,28-30H2,1-3H3. The van der Waals surface area contributed by atoms with Gasteiger partial charge in [-0.05, 0) is 53.9 Å². The molecule has 184 valence electrons. The number of methoxy groups -OCH3 is 2. The van der Waals surface area contributed by atoms with E-state index < -0.39 is 23.3 Å². The zero-order valence-electron chi connectivity index (χ0n) is 20.0. The number of hydrogen-bond acceptors (Lipinski definition) is 9. The predicted molar refractivity (Wildman–Crippen MR) is 139 cm³/mol. The minimum atomic E-state index is -1.56. The van der Waals surface area contributed by atoms with Crippen molar-refractivity contribution in [1.29, 1.82) is 0 Å². The number of anilines is 1. The first-order chi connectivity index (χ1) is 17.2. The molecular formula is C27H25N3O5S. The molecule has 0 fully saturated rings. The van der Waals surface area contributed by atoms with E-state index in [0.717, 1.165) is 16.9 Å². The first kappa shape index (κ1) is 23.8. The van der Waals surface area contributed by atoms with Gasteiger partial charge in [-0.25, -0.2) is 4.79 Å². The summed E-state index contributed by atoms with van der Waals surface area (Å²) in [6.07, 6.45) is 0. The summed E-state index contributed by atoms with van der Waals surface area (Å²) in [6.45, 7) is 1.86. The summed E-state index contributed by atoms with van der Waals surface area (Å²) >= 11 is 1.16. The number of ether oxygens (including phenoxy) is 3. The van der Waals surface area contributed by atoms with Crippen LogP contribution in [0.1, 0.15) is 38.0 Å². The van der Waals surface area contributed by atoms with Crippen molar-refractivity contribution in [3.8, 4) is 17.2 Å². The molecule has 3 aromatic carbocycles. The summed E-state index contributed by atoms with van der Waals surface area (Å²) in [4.78, 5) is 26.6. The highest BCUT2D eigenvalue weighted by Gasteiger charge is 2.49. The molecule has 0 saturated carbocycles. The fraction of sp³-hybridized carbons (Fsp3) is 0.185. The number of benzene rings is 3. The molecule has 1 aliphatic carbocycles. The zero-order chi connectivity index (χ0) is 25.8. The van der Waals surface area contributed by atoms with Gasteiger partial charge in [-0.3, -0.25) is 4.79 Å². The molecule has 1 heterocycles. The second-order valence-electron chi connectivity index (χ2n) is 8.62. The van der Waals surface area contributed by atoms with Gasteiger partial charge < -0.3 is 31.4 Å². The van der Waals surface area contributed by atoms with E-state index in [2.05, 4.69) is 0 Å². The molecule has 4 aromatic rings. The summed E-state index contributed by atoms with van der Waals surface area (Å²) in [7, 11) is 2.86. The Hall–Kier alpha value is -3.92. The van der Waals surface area contributed by atoms with Crippen molar-refractivity contribution in [1.82, 2.24) is 0 Å². The van der Waals surface area contributed by atoms with Crippen molar-refractivity contribution in [2.24, 2.45) is 11.5 Å². The number of aryl methyl sites for hydroxylation is 1. The maximum atomic E-state index is 13.8. The maximum absolute atomic E-state index is 13.8.